The van der Waals surface area contributed by atoms with E-state index in [2.05, 4.69) is 68.5 Å². The van der Waals surface area contributed by atoms with Crippen molar-refractivity contribution in [3.8, 4) is 5.75 Å². The minimum atomic E-state index is 0. The van der Waals surface area contributed by atoms with Gasteiger partial charge in [-0.1, -0.05) is 18.2 Å². The number of pyridine rings is 1. The predicted octanol–water partition coefficient (Wildman–Crippen LogP) is 4.06. The summed E-state index contributed by atoms with van der Waals surface area (Å²) in [4.78, 5) is 13.8. The van der Waals surface area contributed by atoms with Crippen LogP contribution in [0.15, 0.2) is 47.6 Å². The van der Waals surface area contributed by atoms with E-state index in [1.165, 1.54) is 18.4 Å². The summed E-state index contributed by atoms with van der Waals surface area (Å²) in [6.45, 7) is 9.97. The van der Waals surface area contributed by atoms with Crippen LogP contribution >= 0.6 is 24.0 Å². The highest BCUT2D eigenvalue weighted by Crippen LogP contribution is 2.26. The third-order valence-electron chi connectivity index (χ3n) is 6.12. The minimum absolute atomic E-state index is 0. The predicted molar refractivity (Wildman–Crippen MR) is 148 cm³/mol. The van der Waals surface area contributed by atoms with E-state index >= 15 is 0 Å². The number of nitrogens with one attached hydrogen (secondary N) is 2. The highest BCUT2D eigenvalue weighted by Gasteiger charge is 2.23. The molecule has 0 aliphatic carbocycles. The average molecular weight is 567 g/mol. The van der Waals surface area contributed by atoms with E-state index in [1.54, 1.807) is 7.11 Å². The Kier molecular flexibility index (Phi) is 11.7. The summed E-state index contributed by atoms with van der Waals surface area (Å²) in [5.41, 5.74) is 2.43. The zero-order valence-corrected chi connectivity index (χ0v) is 22.7. The van der Waals surface area contributed by atoms with Gasteiger partial charge in [-0.15, -0.1) is 24.0 Å². The molecule has 1 fully saturated rings. The van der Waals surface area contributed by atoms with Gasteiger partial charge in [0.15, 0.2) is 5.96 Å². The van der Waals surface area contributed by atoms with Crippen LogP contribution in [0.5, 0.6) is 5.75 Å². The zero-order chi connectivity index (χ0) is 22.8. The van der Waals surface area contributed by atoms with Gasteiger partial charge in [0, 0.05) is 39.4 Å². The van der Waals surface area contributed by atoms with Crippen LogP contribution in [-0.2, 0) is 6.54 Å². The Hall–Kier alpha value is -2.07. The van der Waals surface area contributed by atoms with Crippen molar-refractivity contribution in [2.45, 2.75) is 39.3 Å². The summed E-state index contributed by atoms with van der Waals surface area (Å²) in [7, 11) is 3.52. The fraction of sp³-hybridized carbons (Fsp3) is 0.520. The minimum Gasteiger partial charge on any atom is -0.497 e. The van der Waals surface area contributed by atoms with Crippen molar-refractivity contribution >= 4 is 35.8 Å². The highest BCUT2D eigenvalue weighted by atomic mass is 127. The number of aliphatic imine (C=N–C) groups is 1. The molecular formula is C25H39IN6O. The first-order valence-electron chi connectivity index (χ1n) is 11.7. The van der Waals surface area contributed by atoms with Gasteiger partial charge < -0.3 is 20.3 Å². The van der Waals surface area contributed by atoms with Crippen LogP contribution in [0.4, 0.5) is 5.82 Å². The number of guanidine groups is 1. The Bertz CT molecular complexity index is 833. The van der Waals surface area contributed by atoms with Gasteiger partial charge in [-0.25, -0.2) is 4.98 Å². The lowest BCUT2D eigenvalue weighted by Crippen LogP contribution is -2.42. The van der Waals surface area contributed by atoms with Crippen molar-refractivity contribution in [3.63, 3.8) is 0 Å². The molecule has 2 N–H and O–H groups in total. The SMILES string of the molecule is CCN(CC)c1ccc(CNC(=NC)NCC(c2ccc(OC)cc2)N2CCCC2)cn1.I. The molecular weight excluding hydrogens is 527 g/mol. The molecule has 3 rings (SSSR count). The van der Waals surface area contributed by atoms with E-state index in [-0.39, 0.29) is 24.0 Å². The van der Waals surface area contributed by atoms with Gasteiger partial charge in [0.2, 0.25) is 0 Å². The van der Waals surface area contributed by atoms with Gasteiger partial charge in [-0.2, -0.15) is 0 Å². The molecule has 1 aliphatic heterocycles. The first kappa shape index (κ1) is 27.2. The second-order valence-electron chi connectivity index (χ2n) is 8.04. The van der Waals surface area contributed by atoms with Gasteiger partial charge >= 0.3 is 0 Å². The number of nitrogens with zero attached hydrogens (tertiary/aromatic N) is 4. The Morgan fingerprint density at radius 1 is 1.09 bits per heavy atom. The lowest BCUT2D eigenvalue weighted by molar-refractivity contribution is 0.245. The first-order chi connectivity index (χ1) is 15.7. The molecule has 1 aromatic carbocycles. The standard InChI is InChI=1S/C25H38N6O.HI/c1-5-30(6-2)24-14-9-20(17-27-24)18-28-25(26-3)29-19-23(31-15-7-8-16-31)21-10-12-22(32-4)13-11-21;/h9-14,17,23H,5-8,15-16,18-19H2,1-4H3,(H2,26,28,29);1H. The molecule has 8 heteroatoms. The Morgan fingerprint density at radius 2 is 1.79 bits per heavy atom. The first-order valence-corrected chi connectivity index (χ1v) is 11.7. The quantitative estimate of drug-likeness (QED) is 0.257. The number of anilines is 1. The number of benzene rings is 1. The summed E-state index contributed by atoms with van der Waals surface area (Å²) < 4.78 is 5.33. The van der Waals surface area contributed by atoms with Gasteiger partial charge in [0.1, 0.15) is 11.6 Å². The molecule has 2 aromatic rings. The molecule has 182 valence electrons. The molecule has 0 spiro atoms. The summed E-state index contributed by atoms with van der Waals surface area (Å²) in [5.74, 6) is 2.71. The molecule has 0 amide bonds. The van der Waals surface area contributed by atoms with Crippen molar-refractivity contribution < 1.29 is 4.74 Å². The number of ether oxygens (including phenoxy) is 1. The van der Waals surface area contributed by atoms with Crippen LogP contribution in [0.1, 0.15) is 43.9 Å². The summed E-state index contributed by atoms with van der Waals surface area (Å²) >= 11 is 0. The van der Waals surface area contributed by atoms with E-state index in [9.17, 15) is 0 Å². The van der Waals surface area contributed by atoms with Gasteiger partial charge in [0.25, 0.3) is 0 Å². The van der Waals surface area contributed by atoms with Crippen LogP contribution in [0.3, 0.4) is 0 Å². The molecule has 1 aliphatic rings. The second kappa shape index (κ2) is 14.2. The fourth-order valence-corrected chi connectivity index (χ4v) is 4.19. The largest absolute Gasteiger partial charge is 0.497 e. The fourth-order valence-electron chi connectivity index (χ4n) is 4.19. The Balaban J connectivity index is 0.00000385. The van der Waals surface area contributed by atoms with E-state index in [0.717, 1.165) is 55.8 Å². The number of rotatable bonds is 10. The third kappa shape index (κ3) is 7.74. The van der Waals surface area contributed by atoms with Crippen LogP contribution in [0, 0.1) is 0 Å². The molecule has 7 nitrogen and oxygen atoms in total. The van der Waals surface area contributed by atoms with Crippen LogP contribution < -0.4 is 20.3 Å². The maximum atomic E-state index is 5.33. The molecule has 0 bridgehead atoms. The smallest absolute Gasteiger partial charge is 0.191 e. The number of halogens is 1. The van der Waals surface area contributed by atoms with E-state index < -0.39 is 0 Å². The number of aromatic nitrogens is 1. The lowest BCUT2D eigenvalue weighted by atomic mass is 10.1. The topological polar surface area (TPSA) is 65.0 Å². The van der Waals surface area contributed by atoms with Gasteiger partial charge in [-0.05, 0) is 69.1 Å². The molecule has 2 heterocycles. The van der Waals surface area contributed by atoms with Crippen molar-refractivity contribution in [1.82, 2.24) is 20.5 Å². The van der Waals surface area contributed by atoms with Gasteiger partial charge in [0.05, 0.1) is 13.2 Å². The van der Waals surface area contributed by atoms with Crippen molar-refractivity contribution in [2.75, 3.05) is 51.8 Å². The molecule has 1 atom stereocenters. The molecule has 1 unspecified atom stereocenters. The van der Waals surface area contributed by atoms with E-state index in [1.807, 2.05) is 25.4 Å². The monoisotopic (exact) mass is 566 g/mol. The van der Waals surface area contributed by atoms with Crippen LogP contribution in [0.2, 0.25) is 0 Å². The molecule has 0 radical (unpaired) electrons. The summed E-state index contributed by atoms with van der Waals surface area (Å²) in [6, 6.07) is 12.9. The number of hydrogen-bond acceptors (Lipinski definition) is 5. The normalized spacial score (nSPS) is 15.0. The van der Waals surface area contributed by atoms with Gasteiger partial charge in [-0.3, -0.25) is 9.89 Å². The maximum absolute atomic E-state index is 5.33. The van der Waals surface area contributed by atoms with Crippen molar-refractivity contribution in [1.29, 1.82) is 0 Å². The third-order valence-corrected chi connectivity index (χ3v) is 6.12. The zero-order valence-electron chi connectivity index (χ0n) is 20.4. The molecule has 33 heavy (non-hydrogen) atoms. The van der Waals surface area contributed by atoms with E-state index in [4.69, 9.17) is 4.74 Å². The summed E-state index contributed by atoms with van der Waals surface area (Å²) in [5, 5.41) is 6.95. The molecule has 1 saturated heterocycles. The number of methoxy groups -OCH3 is 1. The van der Waals surface area contributed by atoms with E-state index in [0.29, 0.717) is 12.6 Å². The second-order valence-corrected chi connectivity index (χ2v) is 8.04. The van der Waals surface area contributed by atoms with Crippen molar-refractivity contribution in [2.24, 2.45) is 4.99 Å². The van der Waals surface area contributed by atoms with Crippen molar-refractivity contribution in [3.05, 3.63) is 53.7 Å². The average Bonchev–Trinajstić information content (AvgIpc) is 3.38. The number of likely N-dealkylation sites (tertiary alicyclic amines) is 1. The highest BCUT2D eigenvalue weighted by molar-refractivity contribution is 14.0. The summed E-state index contributed by atoms with van der Waals surface area (Å²) in [6.07, 6.45) is 4.46. The Morgan fingerprint density at radius 3 is 2.33 bits per heavy atom. The van der Waals surface area contributed by atoms with Crippen LogP contribution in [0.25, 0.3) is 0 Å². The molecule has 0 saturated carbocycles. The Labute approximate surface area is 216 Å². The number of hydrogen-bond donors (Lipinski definition) is 2. The van der Waals surface area contributed by atoms with Crippen LogP contribution in [-0.4, -0.2) is 62.7 Å². The maximum Gasteiger partial charge on any atom is 0.191 e. The molecule has 1 aromatic heterocycles. The lowest BCUT2D eigenvalue weighted by Gasteiger charge is -2.29.